The Morgan fingerprint density at radius 3 is 2.61 bits per heavy atom. The van der Waals surface area contributed by atoms with Gasteiger partial charge in [-0.25, -0.2) is 0 Å². The first-order valence-corrected chi connectivity index (χ1v) is 7.91. The minimum atomic E-state index is 0.0152. The van der Waals surface area contributed by atoms with E-state index >= 15 is 0 Å². The molecule has 104 valence electrons. The Bertz CT molecular complexity index is 262. The molecule has 2 heteroatoms. The van der Waals surface area contributed by atoms with Crippen LogP contribution < -0.4 is 0 Å². The molecule has 0 spiro atoms. The van der Waals surface area contributed by atoms with Gasteiger partial charge in [0.15, 0.2) is 0 Å². The Hall–Kier alpha value is -0.530. The van der Waals surface area contributed by atoms with Gasteiger partial charge in [0.2, 0.25) is 0 Å². The summed E-state index contributed by atoms with van der Waals surface area (Å²) in [6.07, 6.45) is 12.2. The molecule has 0 radical (unpaired) electrons. The van der Waals surface area contributed by atoms with Gasteiger partial charge in [-0.1, -0.05) is 39.0 Å². The van der Waals surface area contributed by atoms with Gasteiger partial charge in [-0.05, 0) is 43.4 Å². The minimum absolute atomic E-state index is 0.0152. The minimum Gasteiger partial charge on any atom is -0.466 e. The van der Waals surface area contributed by atoms with Gasteiger partial charge in [0.25, 0.3) is 0 Å². The number of hydrogen-bond acceptors (Lipinski definition) is 2. The first-order chi connectivity index (χ1) is 8.75. The van der Waals surface area contributed by atoms with Crippen molar-refractivity contribution < 1.29 is 9.53 Å². The summed E-state index contributed by atoms with van der Waals surface area (Å²) >= 11 is 0. The molecule has 18 heavy (non-hydrogen) atoms. The highest BCUT2D eigenvalue weighted by atomic mass is 16.5. The molecule has 0 bridgehead atoms. The van der Waals surface area contributed by atoms with Crippen molar-refractivity contribution in [3.63, 3.8) is 0 Å². The molecule has 1 saturated heterocycles. The molecule has 2 fully saturated rings. The van der Waals surface area contributed by atoms with Crippen molar-refractivity contribution >= 4 is 5.97 Å². The fourth-order valence-electron chi connectivity index (χ4n) is 3.24. The molecule has 0 N–H and O–H groups in total. The third kappa shape index (κ3) is 4.99. The van der Waals surface area contributed by atoms with Crippen molar-refractivity contribution in [1.29, 1.82) is 0 Å². The molecule has 3 atom stereocenters. The third-order valence-corrected chi connectivity index (χ3v) is 4.60. The molecule has 0 aromatic rings. The van der Waals surface area contributed by atoms with Gasteiger partial charge in [-0.2, -0.15) is 0 Å². The Labute approximate surface area is 111 Å². The van der Waals surface area contributed by atoms with Crippen molar-refractivity contribution in [2.24, 2.45) is 17.8 Å². The van der Waals surface area contributed by atoms with E-state index in [9.17, 15) is 4.79 Å². The molecule has 1 heterocycles. The average molecular weight is 252 g/mol. The van der Waals surface area contributed by atoms with E-state index in [0.717, 1.165) is 30.6 Å². The maximum atomic E-state index is 11.5. The normalized spacial score (nSPS) is 35.8. The topological polar surface area (TPSA) is 26.3 Å². The summed E-state index contributed by atoms with van der Waals surface area (Å²) in [5.41, 5.74) is 0. The molecule has 2 nitrogen and oxygen atoms in total. The summed E-state index contributed by atoms with van der Waals surface area (Å²) in [7, 11) is 0. The molecular weight excluding hydrogens is 224 g/mol. The quantitative estimate of drug-likeness (QED) is 0.600. The van der Waals surface area contributed by atoms with Crippen molar-refractivity contribution in [3.8, 4) is 0 Å². The predicted molar refractivity (Wildman–Crippen MR) is 73.3 cm³/mol. The van der Waals surface area contributed by atoms with Crippen molar-refractivity contribution in [1.82, 2.24) is 0 Å². The van der Waals surface area contributed by atoms with Crippen LogP contribution in [0.15, 0.2) is 0 Å². The van der Waals surface area contributed by atoms with E-state index in [0.29, 0.717) is 13.0 Å². The molecular formula is C16H28O2. The first kappa shape index (κ1) is 13.9. The summed E-state index contributed by atoms with van der Waals surface area (Å²) in [4.78, 5) is 11.5. The maximum Gasteiger partial charge on any atom is 0.305 e. The van der Waals surface area contributed by atoms with E-state index in [4.69, 9.17) is 4.74 Å². The van der Waals surface area contributed by atoms with Crippen LogP contribution in [0.1, 0.15) is 71.1 Å². The lowest BCUT2D eigenvalue weighted by Crippen LogP contribution is -2.09. The van der Waals surface area contributed by atoms with Gasteiger partial charge in [-0.3, -0.25) is 4.79 Å². The zero-order valence-electron chi connectivity index (χ0n) is 11.8. The van der Waals surface area contributed by atoms with Crippen LogP contribution in [0.25, 0.3) is 0 Å². The molecule has 1 saturated carbocycles. The third-order valence-electron chi connectivity index (χ3n) is 4.60. The van der Waals surface area contributed by atoms with Crippen molar-refractivity contribution in [2.75, 3.05) is 6.61 Å². The summed E-state index contributed by atoms with van der Waals surface area (Å²) in [6.45, 7) is 2.94. The van der Waals surface area contributed by atoms with Crippen LogP contribution in [0.2, 0.25) is 0 Å². The average Bonchev–Trinajstić information content (AvgIpc) is 3.05. The highest BCUT2D eigenvalue weighted by molar-refractivity contribution is 5.69. The highest BCUT2D eigenvalue weighted by Gasteiger charge is 2.36. The lowest BCUT2D eigenvalue weighted by atomic mass is 9.99. The van der Waals surface area contributed by atoms with Gasteiger partial charge in [0.05, 0.1) is 6.61 Å². The zero-order valence-corrected chi connectivity index (χ0v) is 11.8. The van der Waals surface area contributed by atoms with Gasteiger partial charge < -0.3 is 4.74 Å². The second kappa shape index (κ2) is 7.16. The van der Waals surface area contributed by atoms with Crippen LogP contribution in [0.5, 0.6) is 0 Å². The van der Waals surface area contributed by atoms with Crippen molar-refractivity contribution in [3.05, 3.63) is 0 Å². The van der Waals surface area contributed by atoms with Crippen LogP contribution in [-0.2, 0) is 9.53 Å². The van der Waals surface area contributed by atoms with Crippen LogP contribution in [-0.4, -0.2) is 12.6 Å². The van der Waals surface area contributed by atoms with E-state index in [1.807, 2.05) is 0 Å². The number of hydrogen-bond donors (Lipinski definition) is 0. The smallest absolute Gasteiger partial charge is 0.305 e. The Kier molecular flexibility index (Phi) is 5.52. The van der Waals surface area contributed by atoms with E-state index in [2.05, 4.69) is 6.92 Å². The van der Waals surface area contributed by atoms with Gasteiger partial charge in [0.1, 0.15) is 0 Å². The Morgan fingerprint density at radius 2 is 1.72 bits per heavy atom. The number of fused-ring (bicyclic) bond motifs is 1. The molecule has 0 amide bonds. The summed E-state index contributed by atoms with van der Waals surface area (Å²) < 4.78 is 5.30. The number of esters is 1. The summed E-state index contributed by atoms with van der Waals surface area (Å²) in [6, 6.07) is 0. The lowest BCUT2D eigenvalue weighted by Gasteiger charge is -2.11. The second-order valence-corrected chi connectivity index (χ2v) is 6.41. The van der Waals surface area contributed by atoms with E-state index in [1.54, 1.807) is 0 Å². The van der Waals surface area contributed by atoms with E-state index < -0.39 is 0 Å². The lowest BCUT2D eigenvalue weighted by molar-refractivity contribution is -0.144. The molecule has 2 rings (SSSR count). The zero-order chi connectivity index (χ0) is 12.8. The van der Waals surface area contributed by atoms with Gasteiger partial charge in [-0.15, -0.1) is 0 Å². The molecule has 1 aliphatic carbocycles. The molecule has 2 aliphatic rings. The summed E-state index contributed by atoms with van der Waals surface area (Å²) in [5, 5.41) is 0. The highest BCUT2D eigenvalue weighted by Crippen LogP contribution is 2.46. The fourth-order valence-corrected chi connectivity index (χ4v) is 3.24. The molecule has 0 aromatic carbocycles. The maximum absolute atomic E-state index is 11.5. The van der Waals surface area contributed by atoms with Crippen LogP contribution in [0.4, 0.5) is 0 Å². The van der Waals surface area contributed by atoms with Gasteiger partial charge >= 0.3 is 5.97 Å². The monoisotopic (exact) mass is 252 g/mol. The Balaban J connectivity index is 1.73. The van der Waals surface area contributed by atoms with Gasteiger partial charge in [0, 0.05) is 6.42 Å². The van der Waals surface area contributed by atoms with E-state index in [1.165, 1.54) is 44.9 Å². The first-order valence-electron chi connectivity index (χ1n) is 7.91. The number of carbonyl (C=O) groups excluding carboxylic acids is 1. The standard InChI is InChI=1S/C16H28O2/c1-13-9-10-18-16(17)8-6-4-2-3-5-7-14-12-15(14)11-13/h13-15H,2-12H2,1H3. The molecule has 0 aromatic heterocycles. The molecule has 3 unspecified atom stereocenters. The number of ether oxygens (including phenoxy) is 1. The number of carbonyl (C=O) groups is 1. The predicted octanol–water partition coefficient (Wildman–Crippen LogP) is 4.33. The van der Waals surface area contributed by atoms with Crippen LogP contribution in [0.3, 0.4) is 0 Å². The fraction of sp³-hybridized carbons (Fsp3) is 0.938. The second-order valence-electron chi connectivity index (χ2n) is 6.41. The largest absolute Gasteiger partial charge is 0.466 e. The molecule has 1 aliphatic heterocycles. The van der Waals surface area contributed by atoms with Crippen LogP contribution in [0, 0.1) is 17.8 Å². The number of rotatable bonds is 0. The SMILES string of the molecule is CC1CCOC(=O)CCCCCCCC2CC2C1. The summed E-state index contributed by atoms with van der Waals surface area (Å²) in [5.74, 6) is 2.75. The van der Waals surface area contributed by atoms with E-state index in [-0.39, 0.29) is 5.97 Å². The van der Waals surface area contributed by atoms with Crippen LogP contribution >= 0.6 is 0 Å². The number of cyclic esters (lactones) is 1. The Morgan fingerprint density at radius 1 is 0.944 bits per heavy atom. The van der Waals surface area contributed by atoms with Crippen molar-refractivity contribution in [2.45, 2.75) is 71.1 Å².